The highest BCUT2D eigenvalue weighted by atomic mass is 16.5. The van der Waals surface area contributed by atoms with Crippen LogP contribution in [0.3, 0.4) is 0 Å². The van der Waals surface area contributed by atoms with Crippen LogP contribution in [0.1, 0.15) is 5.56 Å². The highest BCUT2D eigenvalue weighted by Crippen LogP contribution is 2.17. The fourth-order valence-corrected chi connectivity index (χ4v) is 1.01. The summed E-state index contributed by atoms with van der Waals surface area (Å²) >= 11 is 0. The predicted octanol–water partition coefficient (Wildman–Crippen LogP) is 1.56. The minimum Gasteiger partial charge on any atom is -0.489 e. The molecule has 1 aromatic rings. The zero-order valence-corrected chi connectivity index (χ0v) is 7.66. The summed E-state index contributed by atoms with van der Waals surface area (Å²) in [5, 5.41) is 16.0. The van der Waals surface area contributed by atoms with Crippen molar-refractivity contribution in [1.29, 1.82) is 5.41 Å². The Labute approximate surface area is 82.3 Å². The van der Waals surface area contributed by atoms with Gasteiger partial charge in [0.15, 0.2) is 5.84 Å². The second kappa shape index (κ2) is 5.04. The van der Waals surface area contributed by atoms with E-state index < -0.39 is 0 Å². The van der Waals surface area contributed by atoms with E-state index in [-0.39, 0.29) is 5.84 Å². The van der Waals surface area contributed by atoms with Crippen molar-refractivity contribution in [3.8, 4) is 5.75 Å². The van der Waals surface area contributed by atoms with E-state index in [1.54, 1.807) is 35.8 Å². The monoisotopic (exact) mass is 192 g/mol. The minimum absolute atomic E-state index is 0.0929. The average molecular weight is 192 g/mol. The molecule has 0 fully saturated rings. The number of nitrogens with one attached hydrogen (secondary N) is 2. The van der Waals surface area contributed by atoms with Gasteiger partial charge in [0.1, 0.15) is 12.4 Å². The summed E-state index contributed by atoms with van der Waals surface area (Å²) < 4.78 is 5.30. The lowest BCUT2D eigenvalue weighted by molar-refractivity contribution is 0.233. The van der Waals surface area contributed by atoms with Crippen LogP contribution in [-0.4, -0.2) is 17.6 Å². The van der Waals surface area contributed by atoms with Crippen LogP contribution in [-0.2, 0) is 0 Å². The molecule has 0 aliphatic heterocycles. The highest BCUT2D eigenvalue weighted by Gasteiger charge is 2.06. The zero-order valence-electron chi connectivity index (χ0n) is 7.66. The van der Waals surface area contributed by atoms with Gasteiger partial charge in [0, 0.05) is 0 Å². The molecule has 0 saturated carbocycles. The first-order chi connectivity index (χ1) is 6.79. The van der Waals surface area contributed by atoms with Gasteiger partial charge in [-0.1, -0.05) is 24.8 Å². The maximum absolute atomic E-state index is 8.59. The van der Waals surface area contributed by atoms with E-state index in [0.717, 1.165) is 0 Å². The summed E-state index contributed by atoms with van der Waals surface area (Å²) in [6.45, 7) is 3.90. The van der Waals surface area contributed by atoms with Crippen LogP contribution < -0.4 is 10.2 Å². The molecule has 0 bridgehead atoms. The van der Waals surface area contributed by atoms with Gasteiger partial charge in [0.25, 0.3) is 0 Å². The Morgan fingerprint density at radius 1 is 1.57 bits per heavy atom. The van der Waals surface area contributed by atoms with Crippen molar-refractivity contribution in [2.24, 2.45) is 0 Å². The molecule has 0 radical (unpaired) electrons. The van der Waals surface area contributed by atoms with Gasteiger partial charge in [-0.3, -0.25) is 16.1 Å². The predicted molar refractivity (Wildman–Crippen MR) is 53.9 cm³/mol. The van der Waals surface area contributed by atoms with Crippen LogP contribution in [0, 0.1) is 5.41 Å². The first-order valence-corrected chi connectivity index (χ1v) is 4.11. The summed E-state index contributed by atoms with van der Waals surface area (Å²) in [5.74, 6) is 0.448. The van der Waals surface area contributed by atoms with Crippen LogP contribution in [0.2, 0.25) is 0 Å². The van der Waals surface area contributed by atoms with Crippen LogP contribution in [0.15, 0.2) is 36.9 Å². The number of hydrogen-bond acceptors (Lipinski definition) is 3. The Morgan fingerprint density at radius 3 is 2.93 bits per heavy atom. The van der Waals surface area contributed by atoms with Crippen molar-refractivity contribution in [1.82, 2.24) is 5.48 Å². The maximum atomic E-state index is 8.59. The molecule has 0 heterocycles. The molecule has 3 N–H and O–H groups in total. The quantitative estimate of drug-likeness (QED) is 0.293. The normalized spacial score (nSPS) is 9.21. The van der Waals surface area contributed by atoms with E-state index in [0.29, 0.717) is 17.9 Å². The van der Waals surface area contributed by atoms with Crippen molar-refractivity contribution in [3.05, 3.63) is 42.5 Å². The van der Waals surface area contributed by atoms with Crippen LogP contribution in [0.25, 0.3) is 0 Å². The molecule has 0 saturated heterocycles. The fourth-order valence-electron chi connectivity index (χ4n) is 1.01. The minimum atomic E-state index is -0.0929. The molecule has 74 valence electrons. The third kappa shape index (κ3) is 2.34. The lowest BCUT2D eigenvalue weighted by atomic mass is 10.2. The van der Waals surface area contributed by atoms with E-state index in [2.05, 4.69) is 6.58 Å². The second-order valence-corrected chi connectivity index (χ2v) is 2.58. The molecule has 0 aromatic heterocycles. The Balaban J connectivity index is 2.90. The first-order valence-electron chi connectivity index (χ1n) is 4.11. The zero-order chi connectivity index (χ0) is 10.4. The van der Waals surface area contributed by atoms with Crippen molar-refractivity contribution in [3.63, 3.8) is 0 Å². The summed E-state index contributed by atoms with van der Waals surface area (Å²) in [7, 11) is 0. The number of ether oxygens (including phenoxy) is 1. The van der Waals surface area contributed by atoms with Gasteiger partial charge in [-0.15, -0.1) is 0 Å². The number of para-hydroxylation sites is 1. The number of hydroxylamine groups is 1. The standard InChI is InChI=1S/C10H12N2O2/c1-2-7-14-9-6-4-3-5-8(9)10(11)12-13/h2-6,13H,1,7H2,(H2,11,12). The van der Waals surface area contributed by atoms with Gasteiger partial charge in [-0.25, -0.2) is 0 Å². The fraction of sp³-hybridized carbons (Fsp3) is 0.100. The second-order valence-electron chi connectivity index (χ2n) is 2.58. The summed E-state index contributed by atoms with van der Waals surface area (Å²) in [4.78, 5) is 0. The van der Waals surface area contributed by atoms with Crippen LogP contribution in [0.4, 0.5) is 0 Å². The van der Waals surface area contributed by atoms with E-state index in [4.69, 9.17) is 15.4 Å². The lowest BCUT2D eigenvalue weighted by Gasteiger charge is -2.09. The van der Waals surface area contributed by atoms with Crippen molar-refractivity contribution in [2.75, 3.05) is 6.61 Å². The Bertz CT molecular complexity index is 337. The number of rotatable bonds is 4. The number of amidine groups is 1. The lowest BCUT2D eigenvalue weighted by Crippen LogP contribution is -2.19. The smallest absolute Gasteiger partial charge is 0.153 e. The number of benzene rings is 1. The van der Waals surface area contributed by atoms with Gasteiger partial charge in [-0.2, -0.15) is 0 Å². The van der Waals surface area contributed by atoms with E-state index in [1.165, 1.54) is 0 Å². The first kappa shape index (κ1) is 10.3. The number of hydrogen-bond donors (Lipinski definition) is 3. The largest absolute Gasteiger partial charge is 0.489 e. The van der Waals surface area contributed by atoms with E-state index in [9.17, 15) is 0 Å². The molecule has 0 atom stereocenters. The van der Waals surface area contributed by atoms with Crippen molar-refractivity contribution < 1.29 is 9.94 Å². The summed E-state index contributed by atoms with van der Waals surface area (Å²) in [6, 6.07) is 6.98. The van der Waals surface area contributed by atoms with E-state index >= 15 is 0 Å². The van der Waals surface area contributed by atoms with Gasteiger partial charge < -0.3 is 4.74 Å². The molecule has 4 heteroatoms. The molecule has 4 nitrogen and oxygen atoms in total. The van der Waals surface area contributed by atoms with Gasteiger partial charge in [-0.05, 0) is 12.1 Å². The molecular weight excluding hydrogens is 180 g/mol. The molecular formula is C10H12N2O2. The molecule has 1 aromatic carbocycles. The van der Waals surface area contributed by atoms with Gasteiger partial charge in [0.2, 0.25) is 0 Å². The van der Waals surface area contributed by atoms with Crippen molar-refractivity contribution >= 4 is 5.84 Å². The molecule has 14 heavy (non-hydrogen) atoms. The SMILES string of the molecule is C=CCOc1ccccc1C(=N)NO. The molecule has 1 rings (SSSR count). The average Bonchev–Trinajstić information content (AvgIpc) is 2.25. The molecule has 0 amide bonds. The van der Waals surface area contributed by atoms with Gasteiger partial charge in [0.05, 0.1) is 5.56 Å². The third-order valence-electron chi connectivity index (χ3n) is 1.62. The molecule has 0 aliphatic rings. The van der Waals surface area contributed by atoms with Gasteiger partial charge >= 0.3 is 0 Å². The van der Waals surface area contributed by atoms with E-state index in [1.807, 2.05) is 0 Å². The molecule has 0 spiro atoms. The Hall–Kier alpha value is -1.81. The summed E-state index contributed by atoms with van der Waals surface area (Å²) in [6.07, 6.45) is 1.62. The summed E-state index contributed by atoms with van der Waals surface area (Å²) in [5.41, 5.74) is 2.29. The van der Waals surface area contributed by atoms with Crippen LogP contribution >= 0.6 is 0 Å². The topological polar surface area (TPSA) is 65.3 Å². The molecule has 0 aliphatic carbocycles. The third-order valence-corrected chi connectivity index (χ3v) is 1.62. The van der Waals surface area contributed by atoms with Crippen LogP contribution in [0.5, 0.6) is 5.75 Å². The maximum Gasteiger partial charge on any atom is 0.153 e. The Kier molecular flexibility index (Phi) is 3.69. The van der Waals surface area contributed by atoms with Crippen molar-refractivity contribution in [2.45, 2.75) is 0 Å². The Morgan fingerprint density at radius 2 is 2.29 bits per heavy atom. The highest BCUT2D eigenvalue weighted by molar-refractivity contribution is 5.98. The molecule has 0 unspecified atom stereocenters.